The lowest BCUT2D eigenvalue weighted by Crippen LogP contribution is -2.46. The molecule has 3 aromatic rings. The Morgan fingerprint density at radius 1 is 1.18 bits per heavy atom. The van der Waals surface area contributed by atoms with Crippen LogP contribution in [-0.2, 0) is 4.79 Å². The predicted molar refractivity (Wildman–Crippen MR) is 123 cm³/mol. The van der Waals surface area contributed by atoms with Gasteiger partial charge in [-0.15, -0.1) is 0 Å². The summed E-state index contributed by atoms with van der Waals surface area (Å²) in [6.45, 7) is 2.35. The van der Waals surface area contributed by atoms with Crippen molar-refractivity contribution >= 4 is 17.6 Å². The zero-order chi connectivity index (χ0) is 23.7. The second-order valence-corrected chi connectivity index (χ2v) is 9.07. The summed E-state index contributed by atoms with van der Waals surface area (Å²) in [5.41, 5.74) is 1.83. The number of carbonyl (C=O) groups excluding carboxylic acids is 2. The van der Waals surface area contributed by atoms with Crippen molar-refractivity contribution in [3.8, 4) is 11.3 Å². The third-order valence-corrected chi connectivity index (χ3v) is 6.75. The first-order valence-electron chi connectivity index (χ1n) is 11.4. The van der Waals surface area contributed by atoms with Gasteiger partial charge >= 0.3 is 0 Å². The summed E-state index contributed by atoms with van der Waals surface area (Å²) in [6, 6.07) is 7.73. The van der Waals surface area contributed by atoms with Gasteiger partial charge in [0.05, 0.1) is 23.0 Å². The zero-order valence-corrected chi connectivity index (χ0v) is 18.9. The highest BCUT2D eigenvalue weighted by atomic mass is 19.1. The van der Waals surface area contributed by atoms with Gasteiger partial charge in [-0.1, -0.05) is 6.42 Å². The SMILES string of the molecule is Cc1cncc(C(=O)N[C@H]2CCC[C@]3(CCN(c4cc(-c5ccc(F)cc5)ncn4)C3=O)C2)n1. The first-order chi connectivity index (χ1) is 16.4. The lowest BCUT2D eigenvalue weighted by atomic mass is 9.71. The van der Waals surface area contributed by atoms with E-state index >= 15 is 0 Å². The molecule has 1 aliphatic carbocycles. The third kappa shape index (κ3) is 4.25. The highest BCUT2D eigenvalue weighted by molar-refractivity contribution is 5.99. The van der Waals surface area contributed by atoms with Gasteiger partial charge in [0, 0.05) is 30.4 Å². The van der Waals surface area contributed by atoms with E-state index in [0.717, 1.165) is 24.8 Å². The Kier molecular flexibility index (Phi) is 5.77. The van der Waals surface area contributed by atoms with Crippen LogP contribution in [0.2, 0.25) is 0 Å². The molecule has 5 rings (SSSR count). The van der Waals surface area contributed by atoms with Crippen molar-refractivity contribution in [3.63, 3.8) is 0 Å². The summed E-state index contributed by atoms with van der Waals surface area (Å²) >= 11 is 0. The lowest BCUT2D eigenvalue weighted by molar-refractivity contribution is -0.127. The summed E-state index contributed by atoms with van der Waals surface area (Å²) in [7, 11) is 0. The maximum Gasteiger partial charge on any atom is 0.271 e. The Morgan fingerprint density at radius 3 is 2.79 bits per heavy atom. The van der Waals surface area contributed by atoms with Gasteiger partial charge in [0.1, 0.15) is 23.7 Å². The van der Waals surface area contributed by atoms with Crippen LogP contribution >= 0.6 is 0 Å². The molecule has 3 heterocycles. The molecule has 1 saturated carbocycles. The van der Waals surface area contributed by atoms with Crippen molar-refractivity contribution in [2.24, 2.45) is 5.41 Å². The highest BCUT2D eigenvalue weighted by Crippen LogP contribution is 2.46. The number of amides is 2. The second kappa shape index (κ2) is 8.89. The first kappa shape index (κ1) is 22.1. The number of rotatable bonds is 4. The summed E-state index contributed by atoms with van der Waals surface area (Å²) < 4.78 is 13.3. The number of aromatic nitrogens is 4. The van der Waals surface area contributed by atoms with Crippen LogP contribution in [0.15, 0.2) is 49.1 Å². The first-order valence-corrected chi connectivity index (χ1v) is 11.4. The fourth-order valence-corrected chi connectivity index (χ4v) is 5.05. The van der Waals surface area contributed by atoms with Gasteiger partial charge in [-0.2, -0.15) is 0 Å². The Bertz CT molecular complexity index is 1230. The van der Waals surface area contributed by atoms with Crippen molar-refractivity contribution in [2.75, 3.05) is 11.4 Å². The molecule has 0 bridgehead atoms. The molecule has 0 unspecified atom stereocenters. The van der Waals surface area contributed by atoms with Crippen molar-refractivity contribution in [1.82, 2.24) is 25.3 Å². The lowest BCUT2D eigenvalue weighted by Gasteiger charge is -2.36. The summed E-state index contributed by atoms with van der Waals surface area (Å²) in [5.74, 6) is -0.00804. The van der Waals surface area contributed by atoms with Crippen LogP contribution in [0, 0.1) is 18.2 Å². The molecule has 1 N–H and O–H groups in total. The fraction of sp³-hybridized carbons (Fsp3) is 0.360. The average Bonchev–Trinajstić information content (AvgIpc) is 3.14. The molecule has 2 fully saturated rings. The van der Waals surface area contributed by atoms with Gasteiger partial charge in [0.25, 0.3) is 5.91 Å². The van der Waals surface area contributed by atoms with E-state index in [1.54, 1.807) is 36.2 Å². The molecule has 2 aliphatic rings. The molecule has 1 aromatic carbocycles. The second-order valence-electron chi connectivity index (χ2n) is 9.07. The molecule has 174 valence electrons. The smallest absolute Gasteiger partial charge is 0.271 e. The van der Waals surface area contributed by atoms with Gasteiger partial charge in [0.15, 0.2) is 0 Å². The van der Waals surface area contributed by atoms with Crippen LogP contribution in [0.25, 0.3) is 11.3 Å². The van der Waals surface area contributed by atoms with Gasteiger partial charge in [-0.05, 0) is 56.9 Å². The van der Waals surface area contributed by atoms with Crippen molar-refractivity contribution in [1.29, 1.82) is 0 Å². The Morgan fingerprint density at radius 2 is 2.00 bits per heavy atom. The van der Waals surface area contributed by atoms with Crippen LogP contribution in [0.3, 0.4) is 0 Å². The summed E-state index contributed by atoms with van der Waals surface area (Å²) in [6.07, 6.45) is 8.25. The van der Waals surface area contributed by atoms with Crippen LogP contribution in [0.4, 0.5) is 10.2 Å². The molecule has 34 heavy (non-hydrogen) atoms. The maximum absolute atomic E-state index is 13.6. The fourth-order valence-electron chi connectivity index (χ4n) is 5.05. The molecular weight excluding hydrogens is 435 g/mol. The Labute approximate surface area is 196 Å². The van der Waals surface area contributed by atoms with E-state index in [2.05, 4.69) is 25.3 Å². The minimum absolute atomic E-state index is 0.0329. The molecule has 9 heteroatoms. The van der Waals surface area contributed by atoms with Crippen LogP contribution < -0.4 is 10.2 Å². The normalized spacial score (nSPS) is 22.2. The molecule has 2 amide bonds. The summed E-state index contributed by atoms with van der Waals surface area (Å²) in [5, 5.41) is 3.06. The number of nitrogens with one attached hydrogen (secondary N) is 1. The van der Waals surface area contributed by atoms with E-state index in [-0.39, 0.29) is 29.4 Å². The number of hydrogen-bond donors (Lipinski definition) is 1. The van der Waals surface area contributed by atoms with Crippen molar-refractivity contribution < 1.29 is 14.0 Å². The Balaban J connectivity index is 1.31. The monoisotopic (exact) mass is 460 g/mol. The molecule has 1 aliphatic heterocycles. The molecular formula is C25H25FN6O2. The van der Waals surface area contributed by atoms with E-state index in [1.165, 1.54) is 24.7 Å². The molecule has 2 aromatic heterocycles. The van der Waals surface area contributed by atoms with E-state index in [0.29, 0.717) is 36.6 Å². The number of carbonyl (C=O) groups is 2. The number of anilines is 1. The highest BCUT2D eigenvalue weighted by Gasteiger charge is 2.50. The summed E-state index contributed by atoms with van der Waals surface area (Å²) in [4.78, 5) is 44.9. The van der Waals surface area contributed by atoms with Gasteiger partial charge < -0.3 is 5.32 Å². The van der Waals surface area contributed by atoms with Gasteiger partial charge in [0.2, 0.25) is 5.91 Å². The van der Waals surface area contributed by atoms with E-state index in [1.807, 2.05) is 0 Å². The van der Waals surface area contributed by atoms with E-state index < -0.39 is 5.41 Å². The number of nitrogens with zero attached hydrogens (tertiary/aromatic N) is 5. The van der Waals surface area contributed by atoms with Gasteiger partial charge in [-0.3, -0.25) is 19.5 Å². The minimum atomic E-state index is -0.518. The zero-order valence-electron chi connectivity index (χ0n) is 18.9. The molecule has 1 saturated heterocycles. The van der Waals surface area contributed by atoms with Crippen molar-refractivity contribution in [3.05, 3.63) is 66.3 Å². The van der Waals surface area contributed by atoms with E-state index in [9.17, 15) is 14.0 Å². The molecule has 0 radical (unpaired) electrons. The topological polar surface area (TPSA) is 101 Å². The molecule has 8 nitrogen and oxygen atoms in total. The maximum atomic E-state index is 13.6. The number of hydrogen-bond acceptors (Lipinski definition) is 6. The average molecular weight is 461 g/mol. The minimum Gasteiger partial charge on any atom is -0.348 e. The number of halogens is 1. The van der Waals surface area contributed by atoms with Crippen LogP contribution in [0.5, 0.6) is 0 Å². The van der Waals surface area contributed by atoms with E-state index in [4.69, 9.17) is 0 Å². The molecule has 2 atom stereocenters. The standard InChI is InChI=1S/C25H25FN6O2/c1-16-13-27-14-21(30-16)23(33)31-19-3-2-8-25(12-19)9-10-32(24(25)34)22-11-20(28-15-29-22)17-4-6-18(26)7-5-17/h4-7,11,13-15,19H,2-3,8-10,12H2,1H3,(H,31,33)/t19-,25-/m0/s1. The Hall–Kier alpha value is -3.75. The molecule has 1 spiro atoms. The third-order valence-electron chi connectivity index (χ3n) is 6.75. The van der Waals surface area contributed by atoms with Crippen molar-refractivity contribution in [2.45, 2.75) is 45.1 Å². The quantitative estimate of drug-likeness (QED) is 0.640. The van der Waals surface area contributed by atoms with Gasteiger partial charge in [-0.25, -0.2) is 19.3 Å². The number of aryl methyl sites for hydroxylation is 1. The largest absolute Gasteiger partial charge is 0.348 e. The predicted octanol–water partition coefficient (Wildman–Crippen LogP) is 3.48. The van der Waals surface area contributed by atoms with Crippen LogP contribution in [0.1, 0.15) is 48.3 Å². The van der Waals surface area contributed by atoms with Crippen LogP contribution in [-0.4, -0.2) is 44.3 Å². The number of benzene rings is 1.